The number of carbonyl (C=O) groups excluding carboxylic acids is 1. The Hall–Kier alpha value is -2.58. The Morgan fingerprint density at radius 1 is 0.935 bits per heavy atom. The second-order valence-corrected chi connectivity index (χ2v) is 10.5. The van der Waals surface area contributed by atoms with Gasteiger partial charge in [0, 0.05) is 12.1 Å². The third-order valence-corrected chi connectivity index (χ3v) is 5.47. The molecule has 0 saturated carbocycles. The van der Waals surface area contributed by atoms with Crippen LogP contribution in [-0.4, -0.2) is 32.3 Å². The molecule has 31 heavy (non-hydrogen) atoms. The van der Waals surface area contributed by atoms with E-state index in [1.165, 1.54) is 12.1 Å². The lowest BCUT2D eigenvalue weighted by atomic mass is 10.1. The van der Waals surface area contributed by atoms with Gasteiger partial charge in [0.15, 0.2) is 0 Å². The Morgan fingerprint density at radius 3 is 2.06 bits per heavy atom. The molecule has 0 fully saturated rings. The molecule has 1 amide bonds. The van der Waals surface area contributed by atoms with Crippen LogP contribution in [0.2, 0.25) is 0 Å². The first-order chi connectivity index (χ1) is 14.3. The van der Waals surface area contributed by atoms with Gasteiger partial charge >= 0.3 is 6.09 Å². The topological polar surface area (TPSA) is 90.9 Å². The molecule has 0 heterocycles. The van der Waals surface area contributed by atoms with Crippen LogP contribution in [0.15, 0.2) is 53.4 Å². The third kappa shape index (κ3) is 8.59. The van der Waals surface area contributed by atoms with Crippen LogP contribution in [0.1, 0.15) is 46.6 Å². The molecule has 2 aromatic rings. The van der Waals surface area contributed by atoms with E-state index in [2.05, 4.69) is 5.32 Å². The molecule has 0 bridgehead atoms. The van der Waals surface area contributed by atoms with E-state index in [0.717, 1.165) is 5.56 Å². The molecule has 0 aliphatic heterocycles. The van der Waals surface area contributed by atoms with Crippen molar-refractivity contribution in [3.05, 3.63) is 54.1 Å². The number of aryl methyl sites for hydroxylation is 1. The number of benzene rings is 2. The zero-order valence-electron chi connectivity index (χ0n) is 18.9. The molecule has 8 heteroatoms. The maximum atomic E-state index is 12.3. The first kappa shape index (κ1) is 24.7. The lowest BCUT2D eigenvalue weighted by Gasteiger charge is -2.26. The number of nitrogens with one attached hydrogen (secondary N) is 1. The van der Waals surface area contributed by atoms with E-state index in [0.29, 0.717) is 17.9 Å². The monoisotopic (exact) mass is 449 g/mol. The molecule has 7 nitrogen and oxygen atoms in total. The highest BCUT2D eigenvalue weighted by Crippen LogP contribution is 2.24. The van der Waals surface area contributed by atoms with Crippen LogP contribution >= 0.6 is 0 Å². The van der Waals surface area contributed by atoms with E-state index in [4.69, 9.17) is 13.7 Å². The summed E-state index contributed by atoms with van der Waals surface area (Å²) >= 11 is 0. The van der Waals surface area contributed by atoms with Crippen molar-refractivity contribution >= 4 is 21.9 Å². The molecule has 2 aromatic carbocycles. The van der Waals surface area contributed by atoms with Crippen LogP contribution in [0.4, 0.5) is 10.5 Å². The highest BCUT2D eigenvalue weighted by atomic mass is 32.2. The Balaban J connectivity index is 1.87. The summed E-state index contributed by atoms with van der Waals surface area (Å²) in [5.41, 5.74) is 0.308. The Kier molecular flexibility index (Phi) is 7.72. The SMILES string of the molecule is Cc1ccc(S(=O)(=O)OCCC(C)(C)Oc2ccc(NC(=O)OC(C)(C)C)cc2)cc1. The molecule has 0 atom stereocenters. The van der Waals surface area contributed by atoms with Crippen molar-refractivity contribution in [1.29, 1.82) is 0 Å². The maximum Gasteiger partial charge on any atom is 0.412 e. The summed E-state index contributed by atoms with van der Waals surface area (Å²) in [6.45, 7) is 11.0. The Labute approximate surface area is 184 Å². The van der Waals surface area contributed by atoms with Gasteiger partial charge in [0.05, 0.1) is 11.5 Å². The number of hydrogen-bond acceptors (Lipinski definition) is 6. The number of hydrogen-bond donors (Lipinski definition) is 1. The Morgan fingerprint density at radius 2 is 1.52 bits per heavy atom. The third-order valence-electron chi connectivity index (χ3n) is 4.15. The van der Waals surface area contributed by atoms with Crippen molar-refractivity contribution in [3.8, 4) is 5.75 Å². The second-order valence-electron chi connectivity index (χ2n) is 8.85. The number of carbonyl (C=O) groups is 1. The lowest BCUT2D eigenvalue weighted by molar-refractivity contribution is 0.0635. The highest BCUT2D eigenvalue weighted by Gasteiger charge is 2.23. The van der Waals surface area contributed by atoms with Gasteiger partial charge in [0.2, 0.25) is 0 Å². The van der Waals surface area contributed by atoms with E-state index < -0.39 is 27.4 Å². The van der Waals surface area contributed by atoms with Gasteiger partial charge in [-0.1, -0.05) is 17.7 Å². The average molecular weight is 450 g/mol. The van der Waals surface area contributed by atoms with E-state index in [-0.39, 0.29) is 11.5 Å². The molecule has 0 saturated heterocycles. The van der Waals surface area contributed by atoms with Gasteiger partial charge in [-0.3, -0.25) is 9.50 Å². The summed E-state index contributed by atoms with van der Waals surface area (Å²) in [7, 11) is -3.81. The number of amides is 1. The first-order valence-electron chi connectivity index (χ1n) is 10.0. The molecule has 0 aliphatic rings. The first-order valence-corrected chi connectivity index (χ1v) is 11.4. The zero-order valence-corrected chi connectivity index (χ0v) is 19.7. The summed E-state index contributed by atoms with van der Waals surface area (Å²) in [6.07, 6.45) is -0.177. The molecule has 0 spiro atoms. The molecular formula is C23H31NO6S. The minimum Gasteiger partial charge on any atom is -0.488 e. The van der Waals surface area contributed by atoms with Gasteiger partial charge in [-0.05, 0) is 77.9 Å². The minimum absolute atomic E-state index is 0.0124. The average Bonchev–Trinajstić information content (AvgIpc) is 2.61. The molecular weight excluding hydrogens is 418 g/mol. The predicted molar refractivity (Wildman–Crippen MR) is 120 cm³/mol. The van der Waals surface area contributed by atoms with Gasteiger partial charge in [-0.25, -0.2) is 4.79 Å². The van der Waals surface area contributed by atoms with Crippen molar-refractivity contribution in [2.75, 3.05) is 11.9 Å². The van der Waals surface area contributed by atoms with Crippen molar-refractivity contribution < 1.29 is 26.9 Å². The van der Waals surface area contributed by atoms with E-state index in [1.807, 2.05) is 20.8 Å². The van der Waals surface area contributed by atoms with Crippen molar-refractivity contribution in [1.82, 2.24) is 0 Å². The van der Waals surface area contributed by atoms with E-state index >= 15 is 0 Å². The molecule has 170 valence electrons. The molecule has 0 aliphatic carbocycles. The number of ether oxygens (including phenoxy) is 2. The van der Waals surface area contributed by atoms with Crippen molar-refractivity contribution in [2.24, 2.45) is 0 Å². The smallest absolute Gasteiger partial charge is 0.412 e. The normalized spacial score (nSPS) is 12.3. The van der Waals surface area contributed by atoms with E-state index in [9.17, 15) is 13.2 Å². The predicted octanol–water partition coefficient (Wildman–Crippen LogP) is 5.30. The molecule has 2 rings (SSSR count). The molecule has 0 unspecified atom stereocenters. The van der Waals surface area contributed by atoms with Gasteiger partial charge in [-0.2, -0.15) is 8.42 Å². The van der Waals surface area contributed by atoms with Crippen LogP contribution in [0.3, 0.4) is 0 Å². The minimum atomic E-state index is -3.81. The van der Waals surface area contributed by atoms with Gasteiger partial charge in [0.25, 0.3) is 10.1 Å². The largest absolute Gasteiger partial charge is 0.488 e. The van der Waals surface area contributed by atoms with Gasteiger partial charge < -0.3 is 9.47 Å². The number of rotatable bonds is 8. The summed E-state index contributed by atoms with van der Waals surface area (Å²) in [4.78, 5) is 12.0. The standard InChI is InChI=1S/C23H31NO6S/c1-17-7-13-20(14-8-17)31(26,27)28-16-15-23(5,6)29-19-11-9-18(10-12-19)24-21(25)30-22(2,3)4/h7-14H,15-16H2,1-6H3,(H,24,25). The second kappa shape index (κ2) is 9.70. The zero-order chi connectivity index (χ0) is 23.3. The highest BCUT2D eigenvalue weighted by molar-refractivity contribution is 7.86. The fraction of sp³-hybridized carbons (Fsp3) is 0.435. The van der Waals surface area contributed by atoms with Crippen LogP contribution in [0, 0.1) is 6.92 Å². The summed E-state index contributed by atoms with van der Waals surface area (Å²) in [6, 6.07) is 13.4. The van der Waals surface area contributed by atoms with E-state index in [1.54, 1.807) is 57.2 Å². The Bertz CT molecular complexity index is 974. The van der Waals surface area contributed by atoms with Gasteiger partial charge in [-0.15, -0.1) is 0 Å². The molecule has 0 aromatic heterocycles. The van der Waals surface area contributed by atoms with Gasteiger partial charge in [0.1, 0.15) is 17.0 Å². The molecule has 0 radical (unpaired) electrons. The molecule has 1 N–H and O–H groups in total. The maximum absolute atomic E-state index is 12.3. The van der Waals surface area contributed by atoms with Crippen LogP contribution < -0.4 is 10.1 Å². The lowest BCUT2D eigenvalue weighted by Crippen LogP contribution is -2.30. The summed E-state index contributed by atoms with van der Waals surface area (Å²) in [5, 5.41) is 2.66. The fourth-order valence-electron chi connectivity index (χ4n) is 2.57. The van der Waals surface area contributed by atoms with Crippen molar-refractivity contribution in [2.45, 2.75) is 64.1 Å². The van der Waals surface area contributed by atoms with Crippen molar-refractivity contribution in [3.63, 3.8) is 0 Å². The summed E-state index contributed by atoms with van der Waals surface area (Å²) in [5.74, 6) is 0.584. The summed E-state index contributed by atoms with van der Waals surface area (Å²) < 4.78 is 40.9. The quantitative estimate of drug-likeness (QED) is 0.550. The van der Waals surface area contributed by atoms with Crippen LogP contribution in [0.25, 0.3) is 0 Å². The number of anilines is 1. The fourth-order valence-corrected chi connectivity index (χ4v) is 3.48. The van der Waals surface area contributed by atoms with Crippen LogP contribution in [0.5, 0.6) is 5.75 Å². The van der Waals surface area contributed by atoms with Crippen LogP contribution in [-0.2, 0) is 19.0 Å².